The molecule has 104 valence electrons. The monoisotopic (exact) mass is 271 g/mol. The lowest BCUT2D eigenvalue weighted by Gasteiger charge is -2.39. The SMILES string of the molecule is CC1SCCN(C(=O)CN2CCC(N)CC2)C1C. The van der Waals surface area contributed by atoms with Gasteiger partial charge in [-0.05, 0) is 19.8 Å². The number of hydrogen-bond donors (Lipinski definition) is 1. The Kier molecular flexibility index (Phi) is 4.92. The fraction of sp³-hybridized carbons (Fsp3) is 0.923. The van der Waals surface area contributed by atoms with Gasteiger partial charge in [0, 0.05) is 42.7 Å². The van der Waals surface area contributed by atoms with Crippen molar-refractivity contribution in [1.82, 2.24) is 9.80 Å². The van der Waals surface area contributed by atoms with Gasteiger partial charge in [0.2, 0.25) is 5.91 Å². The molecule has 5 heteroatoms. The predicted octanol–water partition coefficient (Wildman–Crippen LogP) is 0.762. The smallest absolute Gasteiger partial charge is 0.237 e. The molecule has 0 aliphatic carbocycles. The molecule has 0 aromatic rings. The number of piperidine rings is 1. The molecule has 2 atom stereocenters. The van der Waals surface area contributed by atoms with Crippen LogP contribution in [0.4, 0.5) is 0 Å². The minimum absolute atomic E-state index is 0.296. The summed E-state index contributed by atoms with van der Waals surface area (Å²) in [6, 6.07) is 0.699. The van der Waals surface area contributed by atoms with Gasteiger partial charge in [0.1, 0.15) is 0 Å². The van der Waals surface area contributed by atoms with Crippen LogP contribution in [0.2, 0.25) is 0 Å². The Balaban J connectivity index is 1.83. The number of hydrogen-bond acceptors (Lipinski definition) is 4. The Hall–Kier alpha value is -0.260. The second kappa shape index (κ2) is 6.26. The average Bonchev–Trinajstić information content (AvgIpc) is 2.35. The molecule has 2 heterocycles. The lowest BCUT2D eigenvalue weighted by molar-refractivity contribution is -0.134. The molecule has 2 aliphatic rings. The Labute approximate surface area is 114 Å². The largest absolute Gasteiger partial charge is 0.337 e. The quantitative estimate of drug-likeness (QED) is 0.806. The van der Waals surface area contributed by atoms with Crippen molar-refractivity contribution in [2.75, 3.05) is 31.9 Å². The topological polar surface area (TPSA) is 49.6 Å². The van der Waals surface area contributed by atoms with Gasteiger partial charge in [0.05, 0.1) is 6.54 Å². The summed E-state index contributed by atoms with van der Waals surface area (Å²) < 4.78 is 0. The molecule has 0 aromatic heterocycles. The zero-order chi connectivity index (χ0) is 13.1. The highest BCUT2D eigenvalue weighted by molar-refractivity contribution is 8.00. The maximum absolute atomic E-state index is 12.3. The first-order chi connectivity index (χ1) is 8.58. The van der Waals surface area contributed by atoms with Crippen LogP contribution in [0, 0.1) is 0 Å². The maximum atomic E-state index is 12.3. The first kappa shape index (κ1) is 14.2. The van der Waals surface area contributed by atoms with Crippen LogP contribution in [0.15, 0.2) is 0 Å². The summed E-state index contributed by atoms with van der Waals surface area (Å²) in [5.41, 5.74) is 5.89. The fourth-order valence-corrected chi connectivity index (χ4v) is 3.78. The molecular formula is C13H25N3OS. The van der Waals surface area contributed by atoms with Gasteiger partial charge in [0.25, 0.3) is 0 Å². The van der Waals surface area contributed by atoms with Gasteiger partial charge in [0.15, 0.2) is 0 Å². The van der Waals surface area contributed by atoms with Crippen molar-refractivity contribution in [2.45, 2.75) is 44.0 Å². The molecule has 2 fully saturated rings. The number of carbonyl (C=O) groups excluding carboxylic acids is 1. The lowest BCUT2D eigenvalue weighted by Crippen LogP contribution is -2.52. The van der Waals surface area contributed by atoms with E-state index in [4.69, 9.17) is 5.73 Å². The summed E-state index contributed by atoms with van der Waals surface area (Å²) in [7, 11) is 0. The Morgan fingerprint density at radius 2 is 1.94 bits per heavy atom. The van der Waals surface area contributed by atoms with E-state index in [0.717, 1.165) is 38.2 Å². The maximum Gasteiger partial charge on any atom is 0.237 e. The molecule has 2 saturated heterocycles. The molecule has 0 saturated carbocycles. The van der Waals surface area contributed by atoms with Crippen molar-refractivity contribution < 1.29 is 4.79 Å². The summed E-state index contributed by atoms with van der Waals surface area (Å²) in [5.74, 6) is 1.37. The number of thioether (sulfide) groups is 1. The number of nitrogens with two attached hydrogens (primary N) is 1. The third kappa shape index (κ3) is 3.39. The lowest BCUT2D eigenvalue weighted by atomic mass is 10.1. The van der Waals surface area contributed by atoms with Crippen LogP contribution in [0.5, 0.6) is 0 Å². The molecule has 2 unspecified atom stereocenters. The molecule has 0 spiro atoms. The third-order valence-corrected chi connectivity index (χ3v) is 5.53. The van der Waals surface area contributed by atoms with Crippen molar-refractivity contribution in [3.8, 4) is 0 Å². The Morgan fingerprint density at radius 1 is 1.28 bits per heavy atom. The summed E-state index contributed by atoms with van der Waals surface area (Å²) in [4.78, 5) is 16.7. The predicted molar refractivity (Wildman–Crippen MR) is 76.7 cm³/mol. The molecule has 0 aromatic carbocycles. The Bertz CT molecular complexity index is 292. The van der Waals surface area contributed by atoms with Gasteiger partial charge in [-0.25, -0.2) is 0 Å². The number of carbonyl (C=O) groups is 1. The van der Waals surface area contributed by atoms with E-state index >= 15 is 0 Å². The van der Waals surface area contributed by atoms with Gasteiger partial charge in [-0.2, -0.15) is 11.8 Å². The van der Waals surface area contributed by atoms with Crippen molar-refractivity contribution in [2.24, 2.45) is 5.73 Å². The van der Waals surface area contributed by atoms with E-state index in [2.05, 4.69) is 23.6 Å². The molecule has 2 rings (SSSR count). The molecule has 2 N–H and O–H groups in total. The zero-order valence-electron chi connectivity index (χ0n) is 11.5. The van der Waals surface area contributed by atoms with E-state index in [1.807, 2.05) is 11.8 Å². The summed E-state index contributed by atoms with van der Waals surface area (Å²) in [6.45, 7) is 7.81. The first-order valence-corrected chi connectivity index (χ1v) is 8.02. The van der Waals surface area contributed by atoms with Crippen molar-refractivity contribution >= 4 is 17.7 Å². The molecule has 4 nitrogen and oxygen atoms in total. The van der Waals surface area contributed by atoms with E-state index in [1.54, 1.807) is 0 Å². The zero-order valence-corrected chi connectivity index (χ0v) is 12.3. The van der Waals surface area contributed by atoms with Crippen LogP contribution < -0.4 is 5.73 Å². The van der Waals surface area contributed by atoms with Gasteiger partial charge in [-0.3, -0.25) is 9.69 Å². The first-order valence-electron chi connectivity index (χ1n) is 6.97. The third-order valence-electron chi connectivity index (χ3n) is 4.20. The van der Waals surface area contributed by atoms with Crippen LogP contribution in [0.1, 0.15) is 26.7 Å². The van der Waals surface area contributed by atoms with Gasteiger partial charge >= 0.3 is 0 Å². The van der Waals surface area contributed by atoms with Crippen LogP contribution in [0.3, 0.4) is 0 Å². The highest BCUT2D eigenvalue weighted by Crippen LogP contribution is 2.24. The molecule has 18 heavy (non-hydrogen) atoms. The van der Waals surface area contributed by atoms with Gasteiger partial charge in [-0.1, -0.05) is 6.92 Å². The number of likely N-dealkylation sites (tertiary alicyclic amines) is 1. The summed E-state index contributed by atoms with van der Waals surface area (Å²) in [6.07, 6.45) is 2.05. The number of amides is 1. The normalized spacial score (nSPS) is 31.6. The van der Waals surface area contributed by atoms with Crippen LogP contribution in [-0.4, -0.2) is 65.0 Å². The fourth-order valence-electron chi connectivity index (χ4n) is 2.68. The van der Waals surface area contributed by atoms with Crippen molar-refractivity contribution in [1.29, 1.82) is 0 Å². The molecule has 0 bridgehead atoms. The Morgan fingerprint density at radius 3 is 2.61 bits per heavy atom. The van der Waals surface area contributed by atoms with E-state index in [0.29, 0.717) is 29.8 Å². The van der Waals surface area contributed by atoms with Gasteiger partial charge < -0.3 is 10.6 Å². The minimum atomic E-state index is 0.296. The standard InChI is InChI=1S/C13H25N3OS/c1-10-11(2)18-8-7-16(10)13(17)9-15-5-3-12(14)4-6-15/h10-12H,3-9,14H2,1-2H3. The second-order valence-electron chi connectivity index (χ2n) is 5.52. The molecule has 2 aliphatic heterocycles. The highest BCUT2D eigenvalue weighted by Gasteiger charge is 2.30. The second-order valence-corrected chi connectivity index (χ2v) is 7.00. The minimum Gasteiger partial charge on any atom is -0.337 e. The highest BCUT2D eigenvalue weighted by atomic mass is 32.2. The number of nitrogens with zero attached hydrogens (tertiary/aromatic N) is 2. The number of rotatable bonds is 2. The van der Waals surface area contributed by atoms with Crippen molar-refractivity contribution in [3.63, 3.8) is 0 Å². The molecule has 1 amide bonds. The van der Waals surface area contributed by atoms with Crippen LogP contribution in [-0.2, 0) is 4.79 Å². The van der Waals surface area contributed by atoms with E-state index in [-0.39, 0.29) is 0 Å². The summed E-state index contributed by atoms with van der Waals surface area (Å²) >= 11 is 1.97. The summed E-state index contributed by atoms with van der Waals surface area (Å²) in [5, 5.41) is 0.553. The van der Waals surface area contributed by atoms with E-state index in [1.165, 1.54) is 0 Å². The van der Waals surface area contributed by atoms with Gasteiger partial charge in [-0.15, -0.1) is 0 Å². The van der Waals surface area contributed by atoms with Crippen molar-refractivity contribution in [3.05, 3.63) is 0 Å². The van der Waals surface area contributed by atoms with Crippen LogP contribution >= 0.6 is 11.8 Å². The average molecular weight is 271 g/mol. The molecular weight excluding hydrogens is 246 g/mol. The van der Waals surface area contributed by atoms with E-state index in [9.17, 15) is 4.79 Å². The van der Waals surface area contributed by atoms with E-state index < -0.39 is 0 Å². The molecule has 0 radical (unpaired) electrons. The van der Waals surface area contributed by atoms with Crippen LogP contribution in [0.25, 0.3) is 0 Å².